The van der Waals surface area contributed by atoms with Gasteiger partial charge in [-0.3, -0.25) is 4.79 Å². The van der Waals surface area contributed by atoms with Crippen molar-refractivity contribution < 1.29 is 9.90 Å². The predicted molar refractivity (Wildman–Crippen MR) is 59.1 cm³/mol. The summed E-state index contributed by atoms with van der Waals surface area (Å²) in [5, 5.41) is 12.0. The number of rotatable bonds is 3. The Kier molecular flexibility index (Phi) is 2.85. The Morgan fingerprint density at radius 3 is 2.94 bits per heavy atom. The van der Waals surface area contributed by atoms with Gasteiger partial charge >= 0.3 is 5.97 Å². The van der Waals surface area contributed by atoms with Gasteiger partial charge < -0.3 is 10.4 Å². The number of anilines is 1. The molecule has 84 valence electrons. The molecule has 5 heteroatoms. The lowest BCUT2D eigenvalue weighted by Crippen LogP contribution is -2.19. The number of aromatic nitrogens is 2. The van der Waals surface area contributed by atoms with Crippen molar-refractivity contribution in [2.75, 3.05) is 5.32 Å². The van der Waals surface area contributed by atoms with E-state index < -0.39 is 5.97 Å². The average molecular weight is 219 g/mol. The average Bonchev–Trinajstić information content (AvgIpc) is 2.66. The topological polar surface area (TPSA) is 75.1 Å². The van der Waals surface area contributed by atoms with Crippen molar-refractivity contribution in [1.29, 1.82) is 0 Å². The first-order valence-electron chi connectivity index (χ1n) is 5.11. The van der Waals surface area contributed by atoms with Gasteiger partial charge in [0.25, 0.3) is 0 Å². The van der Waals surface area contributed by atoms with E-state index in [4.69, 9.17) is 5.11 Å². The lowest BCUT2D eigenvalue weighted by Gasteiger charge is -2.12. The number of nitrogens with zero attached hydrogens (tertiary/aromatic N) is 2. The van der Waals surface area contributed by atoms with E-state index in [1.165, 1.54) is 6.33 Å². The van der Waals surface area contributed by atoms with Crippen LogP contribution in [0.3, 0.4) is 0 Å². The Morgan fingerprint density at radius 1 is 1.50 bits per heavy atom. The van der Waals surface area contributed by atoms with Gasteiger partial charge in [-0.2, -0.15) is 0 Å². The molecule has 2 atom stereocenters. The molecule has 0 amide bonds. The standard InChI is InChI=1S/C11H13N3O2/c1-7-4-10(13-6-12-7)14-9-3-2-8(5-9)11(15)16/h2-4,6,8-9H,5H2,1H3,(H,15,16)(H,12,13,14). The zero-order chi connectivity index (χ0) is 11.5. The van der Waals surface area contributed by atoms with E-state index in [1.54, 1.807) is 6.08 Å². The van der Waals surface area contributed by atoms with E-state index in [0.29, 0.717) is 6.42 Å². The van der Waals surface area contributed by atoms with Crippen molar-refractivity contribution in [3.8, 4) is 0 Å². The molecule has 1 aromatic heterocycles. The Balaban J connectivity index is 1.98. The monoisotopic (exact) mass is 219 g/mol. The molecule has 0 spiro atoms. The summed E-state index contributed by atoms with van der Waals surface area (Å²) in [7, 11) is 0. The van der Waals surface area contributed by atoms with Gasteiger partial charge in [-0.15, -0.1) is 0 Å². The molecule has 1 heterocycles. The van der Waals surface area contributed by atoms with E-state index in [1.807, 2.05) is 19.1 Å². The fourth-order valence-electron chi connectivity index (χ4n) is 1.71. The number of hydrogen-bond acceptors (Lipinski definition) is 4. The maximum absolute atomic E-state index is 10.7. The Labute approximate surface area is 93.2 Å². The molecule has 2 unspecified atom stereocenters. The first kappa shape index (κ1) is 10.6. The van der Waals surface area contributed by atoms with Crippen LogP contribution in [-0.2, 0) is 4.79 Å². The van der Waals surface area contributed by atoms with Crippen LogP contribution in [0.5, 0.6) is 0 Å². The van der Waals surface area contributed by atoms with Crippen molar-refractivity contribution in [2.24, 2.45) is 5.92 Å². The normalized spacial score (nSPS) is 23.3. The second-order valence-corrected chi connectivity index (χ2v) is 3.86. The van der Waals surface area contributed by atoms with Crippen LogP contribution in [0.15, 0.2) is 24.5 Å². The molecule has 0 radical (unpaired) electrons. The molecule has 2 N–H and O–H groups in total. The molecule has 1 aliphatic rings. The summed E-state index contributed by atoms with van der Waals surface area (Å²) in [5.74, 6) is -0.437. The molecule has 1 aromatic rings. The third-order valence-corrected chi connectivity index (χ3v) is 2.54. The summed E-state index contributed by atoms with van der Waals surface area (Å²) < 4.78 is 0. The lowest BCUT2D eigenvalue weighted by atomic mass is 10.1. The summed E-state index contributed by atoms with van der Waals surface area (Å²) in [6, 6.07) is 1.87. The molecule has 5 nitrogen and oxygen atoms in total. The quantitative estimate of drug-likeness (QED) is 0.748. The summed E-state index contributed by atoms with van der Waals surface area (Å²) in [6.45, 7) is 1.89. The number of carboxylic acid groups (broad SMARTS) is 1. The van der Waals surface area contributed by atoms with Gasteiger partial charge in [0.05, 0.1) is 5.92 Å². The van der Waals surface area contributed by atoms with Crippen LogP contribution in [0.1, 0.15) is 12.1 Å². The SMILES string of the molecule is Cc1cc(NC2C=CC(C(=O)O)C2)ncn1. The molecular weight excluding hydrogens is 206 g/mol. The highest BCUT2D eigenvalue weighted by Crippen LogP contribution is 2.20. The van der Waals surface area contributed by atoms with E-state index >= 15 is 0 Å². The first-order valence-corrected chi connectivity index (χ1v) is 5.11. The van der Waals surface area contributed by atoms with E-state index in [2.05, 4.69) is 15.3 Å². The van der Waals surface area contributed by atoms with Gasteiger partial charge in [-0.25, -0.2) is 9.97 Å². The molecule has 0 fully saturated rings. The third-order valence-electron chi connectivity index (χ3n) is 2.54. The van der Waals surface area contributed by atoms with Crippen molar-refractivity contribution in [3.63, 3.8) is 0 Å². The van der Waals surface area contributed by atoms with E-state index in [-0.39, 0.29) is 12.0 Å². The predicted octanol–water partition coefficient (Wildman–Crippen LogP) is 1.23. The minimum Gasteiger partial charge on any atom is -0.481 e. The number of aryl methyl sites for hydroxylation is 1. The summed E-state index contributed by atoms with van der Waals surface area (Å²) in [5.41, 5.74) is 0.884. The second kappa shape index (κ2) is 4.30. The molecule has 0 bridgehead atoms. The van der Waals surface area contributed by atoms with Crippen molar-refractivity contribution >= 4 is 11.8 Å². The zero-order valence-electron chi connectivity index (χ0n) is 8.92. The Morgan fingerprint density at radius 2 is 2.31 bits per heavy atom. The molecular formula is C11H13N3O2. The minimum atomic E-state index is -0.778. The van der Waals surface area contributed by atoms with Gasteiger partial charge in [0.2, 0.25) is 0 Å². The molecule has 0 aromatic carbocycles. The largest absolute Gasteiger partial charge is 0.481 e. The van der Waals surface area contributed by atoms with Crippen LogP contribution in [0.2, 0.25) is 0 Å². The molecule has 0 aliphatic heterocycles. The maximum Gasteiger partial charge on any atom is 0.310 e. The van der Waals surface area contributed by atoms with Crippen molar-refractivity contribution in [1.82, 2.24) is 9.97 Å². The molecule has 0 saturated carbocycles. The molecule has 0 saturated heterocycles. The van der Waals surface area contributed by atoms with E-state index in [9.17, 15) is 4.79 Å². The van der Waals surface area contributed by atoms with Gasteiger partial charge in [0.15, 0.2) is 0 Å². The number of carboxylic acids is 1. The summed E-state index contributed by atoms with van der Waals surface area (Å²) in [6.07, 6.45) is 5.65. The van der Waals surface area contributed by atoms with E-state index in [0.717, 1.165) is 11.5 Å². The molecule has 1 aliphatic carbocycles. The number of hydrogen-bond donors (Lipinski definition) is 2. The zero-order valence-corrected chi connectivity index (χ0v) is 8.92. The highest BCUT2D eigenvalue weighted by Gasteiger charge is 2.24. The van der Waals surface area contributed by atoms with Gasteiger partial charge in [-0.05, 0) is 13.3 Å². The maximum atomic E-state index is 10.7. The van der Waals surface area contributed by atoms with Crippen molar-refractivity contribution in [3.05, 3.63) is 30.2 Å². The Bertz CT molecular complexity index is 431. The van der Waals surface area contributed by atoms with Crippen LogP contribution >= 0.6 is 0 Å². The summed E-state index contributed by atoms with van der Waals surface area (Å²) >= 11 is 0. The lowest BCUT2D eigenvalue weighted by molar-refractivity contribution is -0.140. The van der Waals surface area contributed by atoms with Gasteiger partial charge in [0, 0.05) is 17.8 Å². The highest BCUT2D eigenvalue weighted by atomic mass is 16.4. The fraction of sp³-hybridized carbons (Fsp3) is 0.364. The summed E-state index contributed by atoms with van der Waals surface area (Å²) in [4.78, 5) is 18.8. The number of aliphatic carboxylic acids is 1. The smallest absolute Gasteiger partial charge is 0.310 e. The highest BCUT2D eigenvalue weighted by molar-refractivity contribution is 5.73. The Hall–Kier alpha value is -1.91. The minimum absolute atomic E-state index is 0.0374. The van der Waals surface area contributed by atoms with Crippen LogP contribution in [0.4, 0.5) is 5.82 Å². The van der Waals surface area contributed by atoms with Crippen LogP contribution < -0.4 is 5.32 Å². The first-order chi connectivity index (χ1) is 7.65. The van der Waals surface area contributed by atoms with Gasteiger partial charge in [0.1, 0.15) is 12.1 Å². The van der Waals surface area contributed by atoms with Crippen LogP contribution in [0.25, 0.3) is 0 Å². The molecule has 16 heavy (non-hydrogen) atoms. The molecule has 2 rings (SSSR count). The third kappa shape index (κ3) is 2.36. The number of nitrogens with one attached hydrogen (secondary N) is 1. The van der Waals surface area contributed by atoms with Crippen LogP contribution in [-0.4, -0.2) is 27.1 Å². The second-order valence-electron chi connectivity index (χ2n) is 3.86. The van der Waals surface area contributed by atoms with Crippen molar-refractivity contribution in [2.45, 2.75) is 19.4 Å². The van der Waals surface area contributed by atoms with Crippen LogP contribution in [0, 0.1) is 12.8 Å². The fourth-order valence-corrected chi connectivity index (χ4v) is 1.71. The number of carbonyl (C=O) groups is 1. The van der Waals surface area contributed by atoms with Gasteiger partial charge in [-0.1, -0.05) is 12.2 Å².